The maximum absolute atomic E-state index is 12.7. The number of anilines is 1. The lowest BCUT2D eigenvalue weighted by atomic mass is 10.2. The molecular formula is C20H22N4O5S2. The van der Waals surface area contributed by atoms with Gasteiger partial charge in [0, 0.05) is 12.7 Å². The standard InChI is InChI=1S/C20H22N4O5S2/c1-4-29-20(26)18-13(2)21-14-8-5-6-9-15(14)22-19(18)23-16(25)12-24(3)31(27,28)17-10-7-11-30-17/h5-11,21H,4,12H2,1-3H3,(H,22,23,25). The van der Waals surface area contributed by atoms with E-state index in [1.54, 1.807) is 43.5 Å². The molecular weight excluding hydrogens is 440 g/mol. The molecule has 31 heavy (non-hydrogen) atoms. The predicted octanol–water partition coefficient (Wildman–Crippen LogP) is 2.48. The molecule has 0 spiro atoms. The summed E-state index contributed by atoms with van der Waals surface area (Å²) in [6.45, 7) is 3.03. The van der Waals surface area contributed by atoms with Gasteiger partial charge in [0.2, 0.25) is 5.91 Å². The summed E-state index contributed by atoms with van der Waals surface area (Å²) in [5, 5.41) is 7.33. The molecule has 0 saturated carbocycles. The Kier molecular flexibility index (Phi) is 6.88. The monoisotopic (exact) mass is 462 g/mol. The van der Waals surface area contributed by atoms with Crippen molar-refractivity contribution in [2.45, 2.75) is 18.1 Å². The number of sulfonamides is 1. The number of amidine groups is 1. The molecule has 1 aromatic carbocycles. The number of ether oxygens (including phenoxy) is 1. The van der Waals surface area contributed by atoms with Crippen LogP contribution < -0.4 is 10.6 Å². The third kappa shape index (κ3) is 5.01. The summed E-state index contributed by atoms with van der Waals surface area (Å²) >= 11 is 1.06. The number of likely N-dealkylation sites (N-methyl/N-ethyl adjacent to an activating group) is 1. The second kappa shape index (κ2) is 9.41. The Bertz CT molecular complexity index is 1150. The van der Waals surface area contributed by atoms with Crippen LogP contribution >= 0.6 is 11.3 Å². The molecule has 1 aliphatic rings. The van der Waals surface area contributed by atoms with Crippen LogP contribution in [0.4, 0.5) is 11.4 Å². The van der Waals surface area contributed by atoms with Crippen molar-refractivity contribution in [3.8, 4) is 0 Å². The lowest BCUT2D eigenvalue weighted by Crippen LogP contribution is -2.42. The van der Waals surface area contributed by atoms with Gasteiger partial charge in [-0.2, -0.15) is 4.31 Å². The van der Waals surface area contributed by atoms with Crippen molar-refractivity contribution in [1.29, 1.82) is 0 Å². The summed E-state index contributed by atoms with van der Waals surface area (Å²) in [5.41, 5.74) is 1.68. The third-order valence-corrected chi connectivity index (χ3v) is 7.51. The molecule has 2 heterocycles. The number of para-hydroxylation sites is 2. The van der Waals surface area contributed by atoms with E-state index < -0.39 is 28.4 Å². The maximum atomic E-state index is 12.7. The van der Waals surface area contributed by atoms with Crippen LogP contribution in [-0.4, -0.2) is 50.6 Å². The first kappa shape index (κ1) is 22.7. The Morgan fingerprint density at radius 1 is 1.23 bits per heavy atom. The lowest BCUT2D eigenvalue weighted by molar-refractivity contribution is -0.137. The van der Waals surface area contributed by atoms with Crippen molar-refractivity contribution in [2.75, 3.05) is 25.5 Å². The van der Waals surface area contributed by atoms with Crippen molar-refractivity contribution in [3.63, 3.8) is 0 Å². The first-order chi connectivity index (χ1) is 14.7. The molecule has 0 unspecified atom stereocenters. The Morgan fingerprint density at radius 2 is 1.97 bits per heavy atom. The highest BCUT2D eigenvalue weighted by Crippen LogP contribution is 2.30. The van der Waals surface area contributed by atoms with Crippen molar-refractivity contribution >= 4 is 50.4 Å². The number of fused-ring (bicyclic) bond motifs is 1. The number of carbonyl (C=O) groups excluding carboxylic acids is 2. The topological polar surface area (TPSA) is 117 Å². The fraction of sp³-hybridized carbons (Fsp3) is 0.250. The number of thiophene rings is 1. The molecule has 2 N–H and O–H groups in total. The molecule has 0 fully saturated rings. The van der Waals surface area contributed by atoms with Gasteiger partial charge < -0.3 is 15.4 Å². The van der Waals surface area contributed by atoms with E-state index in [4.69, 9.17) is 4.74 Å². The van der Waals surface area contributed by atoms with Crippen LogP contribution in [0, 0.1) is 0 Å². The SMILES string of the molecule is CCOC(=O)C1=C(C)Nc2ccccc2N=C1NC(=O)CN(C)S(=O)(=O)c1cccs1. The van der Waals surface area contributed by atoms with Crippen molar-refractivity contribution in [1.82, 2.24) is 9.62 Å². The van der Waals surface area contributed by atoms with E-state index in [0.717, 1.165) is 15.6 Å². The number of aliphatic imine (C=N–C) groups is 1. The Morgan fingerprint density at radius 3 is 2.65 bits per heavy atom. The number of carbonyl (C=O) groups is 2. The smallest absolute Gasteiger partial charge is 0.343 e. The van der Waals surface area contributed by atoms with Gasteiger partial charge in [0.15, 0.2) is 0 Å². The third-order valence-electron chi connectivity index (χ3n) is 4.33. The average molecular weight is 463 g/mol. The van der Waals surface area contributed by atoms with Crippen LogP contribution in [0.25, 0.3) is 0 Å². The van der Waals surface area contributed by atoms with Crippen LogP contribution in [0.2, 0.25) is 0 Å². The van der Waals surface area contributed by atoms with Crippen molar-refractivity contribution < 1.29 is 22.7 Å². The highest BCUT2D eigenvalue weighted by molar-refractivity contribution is 7.91. The minimum Gasteiger partial charge on any atom is -0.462 e. The number of amides is 1. The van der Waals surface area contributed by atoms with Gasteiger partial charge in [-0.25, -0.2) is 18.2 Å². The number of nitrogens with one attached hydrogen (secondary N) is 2. The molecule has 1 amide bonds. The minimum absolute atomic E-state index is 0.0136. The fourth-order valence-corrected chi connectivity index (χ4v) is 5.19. The molecule has 0 saturated heterocycles. The van der Waals surface area contributed by atoms with Crippen molar-refractivity contribution in [2.24, 2.45) is 4.99 Å². The van der Waals surface area contributed by atoms with Gasteiger partial charge in [0.05, 0.1) is 24.5 Å². The van der Waals surface area contributed by atoms with Crippen LogP contribution in [0.5, 0.6) is 0 Å². The number of nitrogens with zero attached hydrogens (tertiary/aromatic N) is 2. The van der Waals surface area contributed by atoms with E-state index in [2.05, 4.69) is 15.6 Å². The summed E-state index contributed by atoms with van der Waals surface area (Å²) in [7, 11) is -2.49. The van der Waals surface area contributed by atoms with Gasteiger partial charge in [0.25, 0.3) is 10.0 Å². The molecule has 1 aromatic heterocycles. The molecule has 164 valence electrons. The van der Waals surface area contributed by atoms with Gasteiger partial charge in [-0.15, -0.1) is 11.3 Å². The zero-order chi connectivity index (χ0) is 22.6. The molecule has 0 radical (unpaired) electrons. The summed E-state index contributed by atoms with van der Waals surface area (Å²) in [6.07, 6.45) is 0. The predicted molar refractivity (Wildman–Crippen MR) is 119 cm³/mol. The number of hydrogen-bond acceptors (Lipinski definition) is 8. The summed E-state index contributed by atoms with van der Waals surface area (Å²) in [6, 6.07) is 10.2. The normalized spacial score (nSPS) is 13.7. The zero-order valence-corrected chi connectivity index (χ0v) is 18.8. The quantitative estimate of drug-likeness (QED) is 0.637. The largest absolute Gasteiger partial charge is 0.462 e. The zero-order valence-electron chi connectivity index (χ0n) is 17.2. The molecule has 1 aliphatic heterocycles. The first-order valence-corrected chi connectivity index (χ1v) is 11.7. The molecule has 0 aliphatic carbocycles. The van der Waals surface area contributed by atoms with Crippen LogP contribution in [-0.2, 0) is 24.3 Å². The number of rotatable bonds is 6. The number of allylic oxidation sites excluding steroid dienone is 1. The molecule has 3 rings (SSSR count). The van der Waals surface area contributed by atoms with E-state index in [-0.39, 0.29) is 22.2 Å². The Hall–Kier alpha value is -3.02. The lowest BCUT2D eigenvalue weighted by Gasteiger charge is -2.17. The van der Waals surface area contributed by atoms with Gasteiger partial charge in [-0.3, -0.25) is 4.79 Å². The number of hydrogen-bond donors (Lipinski definition) is 2. The second-order valence-corrected chi connectivity index (χ2v) is 9.78. The molecule has 0 bridgehead atoms. The molecule has 11 heteroatoms. The molecule has 9 nitrogen and oxygen atoms in total. The number of esters is 1. The van der Waals surface area contributed by atoms with Crippen LogP contribution in [0.1, 0.15) is 13.8 Å². The van der Waals surface area contributed by atoms with Gasteiger partial charge in [-0.05, 0) is 37.4 Å². The Balaban J connectivity index is 1.89. The summed E-state index contributed by atoms with van der Waals surface area (Å²) in [5.74, 6) is -1.31. The van der Waals surface area contributed by atoms with Crippen molar-refractivity contribution in [3.05, 3.63) is 53.0 Å². The van der Waals surface area contributed by atoms with Crippen LogP contribution in [0.3, 0.4) is 0 Å². The van der Waals surface area contributed by atoms with Crippen LogP contribution in [0.15, 0.2) is 62.2 Å². The van der Waals surface area contributed by atoms with E-state index >= 15 is 0 Å². The first-order valence-electron chi connectivity index (χ1n) is 9.36. The summed E-state index contributed by atoms with van der Waals surface area (Å²) < 4.78 is 31.4. The van der Waals surface area contributed by atoms with E-state index in [1.165, 1.54) is 13.1 Å². The van der Waals surface area contributed by atoms with E-state index in [9.17, 15) is 18.0 Å². The highest BCUT2D eigenvalue weighted by atomic mass is 32.2. The minimum atomic E-state index is -3.80. The molecule has 0 atom stereocenters. The molecule has 2 aromatic rings. The van der Waals surface area contributed by atoms with E-state index in [0.29, 0.717) is 17.1 Å². The number of benzene rings is 1. The second-order valence-electron chi connectivity index (χ2n) is 6.56. The highest BCUT2D eigenvalue weighted by Gasteiger charge is 2.28. The summed E-state index contributed by atoms with van der Waals surface area (Å²) in [4.78, 5) is 29.7. The fourth-order valence-electron chi connectivity index (χ4n) is 2.86. The van der Waals surface area contributed by atoms with Gasteiger partial charge in [0.1, 0.15) is 15.6 Å². The van der Waals surface area contributed by atoms with E-state index in [1.807, 2.05) is 6.07 Å². The average Bonchev–Trinajstić information content (AvgIpc) is 3.21. The Labute approximate surface area is 184 Å². The maximum Gasteiger partial charge on any atom is 0.343 e. The van der Waals surface area contributed by atoms with Gasteiger partial charge >= 0.3 is 5.97 Å². The van der Waals surface area contributed by atoms with Gasteiger partial charge in [-0.1, -0.05) is 18.2 Å².